The van der Waals surface area contributed by atoms with E-state index in [2.05, 4.69) is 17.2 Å². The third-order valence-corrected chi connectivity index (χ3v) is 2.34. The molecule has 0 aliphatic carbocycles. The second kappa shape index (κ2) is 7.00. The van der Waals surface area contributed by atoms with Gasteiger partial charge in [-0.05, 0) is 24.6 Å². The summed E-state index contributed by atoms with van der Waals surface area (Å²) >= 11 is 0. The Balaban J connectivity index is 2.67. The lowest BCUT2D eigenvalue weighted by molar-refractivity contribution is 0.531. The zero-order chi connectivity index (χ0) is 12.7. The number of benzene rings is 1. The first kappa shape index (κ1) is 13.6. The van der Waals surface area contributed by atoms with Gasteiger partial charge in [-0.15, -0.1) is 11.8 Å². The maximum Gasteiger partial charge on any atom is 0.126 e. The summed E-state index contributed by atoms with van der Waals surface area (Å²) in [5.74, 6) is 4.50. The fourth-order valence-corrected chi connectivity index (χ4v) is 1.55. The summed E-state index contributed by atoms with van der Waals surface area (Å²) in [5.41, 5.74) is 6.10. The molecule has 1 aromatic carbocycles. The second-order valence-electron chi connectivity index (χ2n) is 3.62. The summed E-state index contributed by atoms with van der Waals surface area (Å²) < 4.78 is 26.1. The van der Waals surface area contributed by atoms with Crippen LogP contribution in [0.4, 0.5) is 8.78 Å². The molecule has 3 N–H and O–H groups in total. The van der Waals surface area contributed by atoms with E-state index in [-0.39, 0.29) is 12.6 Å². The van der Waals surface area contributed by atoms with Crippen molar-refractivity contribution in [2.24, 2.45) is 5.73 Å². The van der Waals surface area contributed by atoms with Crippen LogP contribution in [0.2, 0.25) is 0 Å². The minimum Gasteiger partial charge on any atom is -0.329 e. The normalized spacial score (nSPS) is 11.8. The molecule has 1 unspecified atom stereocenters. The van der Waals surface area contributed by atoms with E-state index in [0.29, 0.717) is 18.5 Å². The van der Waals surface area contributed by atoms with Crippen LogP contribution in [0.5, 0.6) is 0 Å². The molecule has 4 heteroatoms. The molecule has 0 saturated carbocycles. The van der Waals surface area contributed by atoms with Crippen LogP contribution in [0.3, 0.4) is 0 Å². The molecule has 2 nitrogen and oxygen atoms in total. The van der Waals surface area contributed by atoms with Crippen molar-refractivity contribution in [1.29, 1.82) is 0 Å². The summed E-state index contributed by atoms with van der Waals surface area (Å²) in [4.78, 5) is 0. The SMILES string of the molecule is CC#CCCNC(CN)c1cc(F)cc(F)c1. The Morgan fingerprint density at radius 1 is 1.29 bits per heavy atom. The molecule has 0 aliphatic heterocycles. The van der Waals surface area contributed by atoms with E-state index >= 15 is 0 Å². The first-order valence-electron chi connectivity index (χ1n) is 5.46. The number of nitrogens with one attached hydrogen (secondary N) is 1. The van der Waals surface area contributed by atoms with Crippen LogP contribution in [-0.2, 0) is 0 Å². The van der Waals surface area contributed by atoms with Gasteiger partial charge in [-0.2, -0.15) is 0 Å². The zero-order valence-electron chi connectivity index (χ0n) is 9.76. The van der Waals surface area contributed by atoms with Crippen LogP contribution in [0.25, 0.3) is 0 Å². The largest absolute Gasteiger partial charge is 0.329 e. The van der Waals surface area contributed by atoms with Crippen LogP contribution in [0, 0.1) is 23.5 Å². The maximum atomic E-state index is 13.0. The molecule has 0 amide bonds. The highest BCUT2D eigenvalue weighted by molar-refractivity contribution is 5.21. The van der Waals surface area contributed by atoms with Gasteiger partial charge in [0.2, 0.25) is 0 Å². The third kappa shape index (κ3) is 4.51. The predicted octanol–water partition coefficient (Wildman–Crippen LogP) is 1.97. The van der Waals surface area contributed by atoms with Gasteiger partial charge in [0.05, 0.1) is 0 Å². The lowest BCUT2D eigenvalue weighted by Gasteiger charge is -2.16. The maximum absolute atomic E-state index is 13.0. The van der Waals surface area contributed by atoms with Gasteiger partial charge in [0.25, 0.3) is 0 Å². The smallest absolute Gasteiger partial charge is 0.126 e. The van der Waals surface area contributed by atoms with E-state index in [9.17, 15) is 8.78 Å². The van der Waals surface area contributed by atoms with Crippen molar-refractivity contribution in [3.05, 3.63) is 35.4 Å². The van der Waals surface area contributed by atoms with E-state index in [4.69, 9.17) is 5.73 Å². The Hall–Kier alpha value is -1.44. The molecule has 1 atom stereocenters. The van der Waals surface area contributed by atoms with Gasteiger partial charge in [0, 0.05) is 31.6 Å². The quantitative estimate of drug-likeness (QED) is 0.608. The first-order chi connectivity index (χ1) is 8.17. The van der Waals surface area contributed by atoms with Gasteiger partial charge in [-0.3, -0.25) is 0 Å². The molecule has 17 heavy (non-hydrogen) atoms. The van der Waals surface area contributed by atoms with Gasteiger partial charge in [0.15, 0.2) is 0 Å². The van der Waals surface area contributed by atoms with Crippen molar-refractivity contribution in [2.75, 3.05) is 13.1 Å². The minimum absolute atomic E-state index is 0.251. The Morgan fingerprint density at radius 3 is 2.47 bits per heavy atom. The fraction of sp³-hybridized carbons (Fsp3) is 0.385. The standard InChI is InChI=1S/C13H16F2N2/c1-2-3-4-5-17-13(9-16)10-6-11(14)8-12(15)7-10/h6-8,13,17H,4-5,9,16H2,1H3. The summed E-state index contributed by atoms with van der Waals surface area (Å²) in [7, 11) is 0. The van der Waals surface area contributed by atoms with Crippen molar-refractivity contribution < 1.29 is 8.78 Å². The predicted molar refractivity (Wildman–Crippen MR) is 64.2 cm³/mol. The lowest BCUT2D eigenvalue weighted by Crippen LogP contribution is -2.29. The summed E-state index contributed by atoms with van der Waals surface area (Å²) in [6, 6.07) is 3.18. The van der Waals surface area contributed by atoms with Gasteiger partial charge >= 0.3 is 0 Å². The lowest BCUT2D eigenvalue weighted by atomic mass is 10.1. The molecular formula is C13H16F2N2. The summed E-state index contributed by atoms with van der Waals surface area (Å²) in [6.07, 6.45) is 0.685. The van der Waals surface area contributed by atoms with Gasteiger partial charge in [0.1, 0.15) is 11.6 Å². The topological polar surface area (TPSA) is 38.0 Å². The zero-order valence-corrected chi connectivity index (χ0v) is 9.76. The molecule has 1 aromatic rings. The molecule has 0 aliphatic rings. The molecule has 92 valence electrons. The third-order valence-electron chi connectivity index (χ3n) is 2.34. The Morgan fingerprint density at radius 2 is 1.94 bits per heavy atom. The second-order valence-corrected chi connectivity index (χ2v) is 3.62. The van der Waals surface area contributed by atoms with E-state index in [1.165, 1.54) is 12.1 Å². The van der Waals surface area contributed by atoms with Gasteiger partial charge < -0.3 is 11.1 Å². The highest BCUT2D eigenvalue weighted by atomic mass is 19.1. The van der Waals surface area contributed by atoms with Crippen LogP contribution < -0.4 is 11.1 Å². The number of nitrogens with two attached hydrogens (primary N) is 1. The van der Waals surface area contributed by atoms with E-state index in [1.807, 2.05) is 0 Å². The molecule has 0 aromatic heterocycles. The van der Waals surface area contributed by atoms with Gasteiger partial charge in [-0.25, -0.2) is 8.78 Å². The number of rotatable bonds is 5. The van der Waals surface area contributed by atoms with Crippen molar-refractivity contribution in [2.45, 2.75) is 19.4 Å². The van der Waals surface area contributed by atoms with Crippen molar-refractivity contribution in [1.82, 2.24) is 5.32 Å². The molecule has 0 spiro atoms. The van der Waals surface area contributed by atoms with Crippen LogP contribution in [0.15, 0.2) is 18.2 Å². The van der Waals surface area contributed by atoms with Crippen molar-refractivity contribution >= 4 is 0 Å². The summed E-state index contributed by atoms with van der Waals surface area (Å²) in [6.45, 7) is 2.69. The van der Waals surface area contributed by atoms with E-state index < -0.39 is 11.6 Å². The molecule has 0 saturated heterocycles. The number of hydrogen-bond donors (Lipinski definition) is 2. The fourth-order valence-electron chi connectivity index (χ4n) is 1.55. The number of hydrogen-bond acceptors (Lipinski definition) is 2. The van der Waals surface area contributed by atoms with E-state index in [1.54, 1.807) is 6.92 Å². The molecule has 0 heterocycles. The average Bonchev–Trinajstić information content (AvgIpc) is 2.28. The number of halogens is 2. The van der Waals surface area contributed by atoms with Crippen LogP contribution in [-0.4, -0.2) is 13.1 Å². The minimum atomic E-state index is -0.589. The highest BCUT2D eigenvalue weighted by Gasteiger charge is 2.10. The molecule has 0 bridgehead atoms. The van der Waals surface area contributed by atoms with Crippen molar-refractivity contribution in [3.8, 4) is 11.8 Å². The van der Waals surface area contributed by atoms with Crippen LogP contribution >= 0.6 is 0 Å². The highest BCUT2D eigenvalue weighted by Crippen LogP contribution is 2.15. The van der Waals surface area contributed by atoms with Crippen LogP contribution in [0.1, 0.15) is 24.9 Å². The molecule has 0 radical (unpaired) electrons. The molecular weight excluding hydrogens is 222 g/mol. The molecule has 1 rings (SSSR count). The first-order valence-corrected chi connectivity index (χ1v) is 5.46. The Labute approximate surface area is 100 Å². The summed E-state index contributed by atoms with van der Waals surface area (Å²) in [5, 5.41) is 3.11. The Kier molecular flexibility index (Phi) is 5.61. The monoisotopic (exact) mass is 238 g/mol. The van der Waals surface area contributed by atoms with Gasteiger partial charge in [-0.1, -0.05) is 0 Å². The Bertz CT molecular complexity index is 401. The van der Waals surface area contributed by atoms with Crippen molar-refractivity contribution in [3.63, 3.8) is 0 Å². The average molecular weight is 238 g/mol. The van der Waals surface area contributed by atoms with E-state index in [0.717, 1.165) is 6.07 Å². The molecule has 0 fully saturated rings.